The van der Waals surface area contributed by atoms with Gasteiger partial charge in [0.15, 0.2) is 6.61 Å². The molecule has 2 aliphatic heterocycles. The number of carbonyl (C=O) groups excluding carboxylic acids is 6. The van der Waals surface area contributed by atoms with Crippen LogP contribution in [0.3, 0.4) is 0 Å². The van der Waals surface area contributed by atoms with Crippen LogP contribution in [0, 0.1) is 0 Å². The van der Waals surface area contributed by atoms with Crippen LogP contribution in [0.15, 0.2) is 48.5 Å². The molecule has 0 radical (unpaired) electrons. The van der Waals surface area contributed by atoms with Crippen LogP contribution in [0.1, 0.15) is 69.6 Å². The van der Waals surface area contributed by atoms with Gasteiger partial charge in [0.1, 0.15) is 11.8 Å². The zero-order valence-corrected chi connectivity index (χ0v) is 21.1. The Bertz CT molecular complexity index is 1340. The minimum absolute atomic E-state index is 0.0328. The number of amides is 6. The number of benzene rings is 2. The van der Waals surface area contributed by atoms with Gasteiger partial charge >= 0.3 is 0 Å². The lowest BCUT2D eigenvalue weighted by Gasteiger charge is -2.32. The van der Waals surface area contributed by atoms with Crippen molar-refractivity contribution in [1.29, 1.82) is 0 Å². The summed E-state index contributed by atoms with van der Waals surface area (Å²) in [4.78, 5) is 75.7. The number of ether oxygens (including phenoxy) is 1. The molecule has 2 aromatic carbocycles. The second kappa shape index (κ2) is 11.1. The van der Waals surface area contributed by atoms with E-state index in [0.717, 1.165) is 30.6 Å². The van der Waals surface area contributed by atoms with Crippen LogP contribution in [0.4, 0.5) is 0 Å². The molecule has 3 N–H and O–H groups in total. The Morgan fingerprint density at radius 2 is 1.56 bits per heavy atom. The molecular formula is C28H28N4O7. The number of nitrogens with zero attached hydrogens (tertiary/aromatic N) is 1. The number of carbonyl (C=O) groups is 6. The quantitative estimate of drug-likeness (QED) is 0.455. The lowest BCUT2D eigenvalue weighted by atomic mass is 9.90. The summed E-state index contributed by atoms with van der Waals surface area (Å²) >= 11 is 0. The number of nitrogens with one attached hydrogen (secondary N) is 3. The molecule has 11 heteroatoms. The Morgan fingerprint density at radius 1 is 0.872 bits per heavy atom. The maximum absolute atomic E-state index is 13.0. The SMILES string of the molecule is O=C1CCC(N2C(=O)c3ccc(OCC(=O)N[C@@H]4CCCC[C@H]4NC(=O)c4ccccc4)cc3C2=O)C(=O)N1. The van der Waals surface area contributed by atoms with E-state index in [2.05, 4.69) is 16.0 Å². The molecule has 5 rings (SSSR count). The van der Waals surface area contributed by atoms with Crippen LogP contribution in [-0.2, 0) is 14.4 Å². The van der Waals surface area contributed by atoms with E-state index in [1.165, 1.54) is 18.2 Å². The van der Waals surface area contributed by atoms with Gasteiger partial charge in [-0.05, 0) is 49.6 Å². The number of rotatable bonds is 7. The summed E-state index contributed by atoms with van der Waals surface area (Å²) < 4.78 is 5.61. The molecule has 1 unspecified atom stereocenters. The molecule has 0 aromatic heterocycles. The lowest BCUT2D eigenvalue weighted by molar-refractivity contribution is -0.136. The number of hydrogen-bond donors (Lipinski definition) is 3. The zero-order valence-electron chi connectivity index (χ0n) is 21.1. The van der Waals surface area contributed by atoms with Crippen LogP contribution in [-0.4, -0.2) is 65.1 Å². The van der Waals surface area contributed by atoms with Crippen LogP contribution in [0.25, 0.3) is 0 Å². The van der Waals surface area contributed by atoms with Crippen molar-refractivity contribution < 1.29 is 33.5 Å². The van der Waals surface area contributed by atoms with E-state index in [-0.39, 0.29) is 60.2 Å². The Kier molecular flexibility index (Phi) is 7.40. The minimum Gasteiger partial charge on any atom is -0.484 e. The molecule has 1 aliphatic carbocycles. The monoisotopic (exact) mass is 532 g/mol. The fraction of sp³-hybridized carbons (Fsp3) is 0.357. The summed E-state index contributed by atoms with van der Waals surface area (Å²) in [5, 5.41) is 8.12. The first-order valence-electron chi connectivity index (χ1n) is 13.0. The average molecular weight is 533 g/mol. The first-order valence-corrected chi connectivity index (χ1v) is 13.0. The van der Waals surface area contributed by atoms with Gasteiger partial charge in [0, 0.05) is 24.1 Å². The van der Waals surface area contributed by atoms with Gasteiger partial charge in [0.2, 0.25) is 11.8 Å². The van der Waals surface area contributed by atoms with Gasteiger partial charge in [-0.3, -0.25) is 39.0 Å². The second-order valence-corrected chi connectivity index (χ2v) is 9.85. The summed E-state index contributed by atoms with van der Waals surface area (Å²) in [6.45, 7) is -0.326. The van der Waals surface area contributed by atoms with Gasteiger partial charge in [-0.1, -0.05) is 31.0 Å². The highest BCUT2D eigenvalue weighted by Crippen LogP contribution is 2.30. The third kappa shape index (κ3) is 5.52. The van der Waals surface area contributed by atoms with Gasteiger partial charge in [-0.25, -0.2) is 0 Å². The van der Waals surface area contributed by atoms with Crippen molar-refractivity contribution in [3.63, 3.8) is 0 Å². The molecule has 3 aliphatic rings. The summed E-state index contributed by atoms with van der Waals surface area (Å²) in [5.41, 5.74) is 0.747. The van der Waals surface area contributed by atoms with Gasteiger partial charge in [0.05, 0.1) is 11.1 Å². The van der Waals surface area contributed by atoms with E-state index in [9.17, 15) is 28.8 Å². The highest BCUT2D eigenvalue weighted by atomic mass is 16.5. The number of hydrogen-bond acceptors (Lipinski definition) is 7. The minimum atomic E-state index is -1.06. The summed E-state index contributed by atoms with van der Waals surface area (Å²) in [5.74, 6) is -2.76. The molecule has 2 heterocycles. The third-order valence-corrected chi connectivity index (χ3v) is 7.25. The molecule has 39 heavy (non-hydrogen) atoms. The first kappa shape index (κ1) is 26.1. The summed E-state index contributed by atoms with van der Waals surface area (Å²) in [6.07, 6.45) is 3.43. The van der Waals surface area contributed by atoms with Crippen molar-refractivity contribution in [3.8, 4) is 5.75 Å². The maximum Gasteiger partial charge on any atom is 0.262 e. The predicted octanol–water partition coefficient (Wildman–Crippen LogP) is 1.32. The van der Waals surface area contributed by atoms with Gasteiger partial charge < -0.3 is 15.4 Å². The number of fused-ring (bicyclic) bond motifs is 1. The standard InChI is InChI=1S/C28H28N4O7/c33-23-13-12-22(26(36)31-23)32-27(37)18-11-10-17(14-19(18)28(32)38)39-15-24(34)29-20-8-4-5-9-21(20)30-25(35)16-6-2-1-3-7-16/h1-3,6-7,10-11,14,20-22H,4-5,8-9,12-13,15H2,(H,29,34)(H,30,35)(H,31,33,36)/t20-,21-,22?/m1/s1. The van der Waals surface area contributed by atoms with Gasteiger partial charge in [-0.15, -0.1) is 0 Å². The average Bonchev–Trinajstić information content (AvgIpc) is 3.18. The highest BCUT2D eigenvalue weighted by molar-refractivity contribution is 6.23. The van der Waals surface area contributed by atoms with Gasteiger partial charge in [0.25, 0.3) is 23.6 Å². The van der Waals surface area contributed by atoms with Crippen molar-refractivity contribution in [1.82, 2.24) is 20.9 Å². The van der Waals surface area contributed by atoms with E-state index in [1.807, 2.05) is 6.07 Å². The van der Waals surface area contributed by atoms with Gasteiger partial charge in [-0.2, -0.15) is 0 Å². The Labute approximate surface area is 224 Å². The topological polar surface area (TPSA) is 151 Å². The number of piperidine rings is 1. The van der Waals surface area contributed by atoms with E-state index < -0.39 is 29.7 Å². The van der Waals surface area contributed by atoms with Crippen LogP contribution < -0.4 is 20.7 Å². The normalized spacial score (nSPS) is 22.7. The lowest BCUT2D eigenvalue weighted by Crippen LogP contribution is -2.54. The van der Waals surface area contributed by atoms with Crippen LogP contribution in [0.2, 0.25) is 0 Å². The second-order valence-electron chi connectivity index (χ2n) is 9.85. The molecule has 2 fully saturated rings. The van der Waals surface area contributed by atoms with E-state index >= 15 is 0 Å². The highest BCUT2D eigenvalue weighted by Gasteiger charge is 2.44. The molecule has 202 valence electrons. The Morgan fingerprint density at radius 3 is 2.28 bits per heavy atom. The largest absolute Gasteiger partial charge is 0.484 e. The Hall–Kier alpha value is -4.54. The fourth-order valence-electron chi connectivity index (χ4n) is 5.25. The molecule has 0 spiro atoms. The molecule has 11 nitrogen and oxygen atoms in total. The Balaban J connectivity index is 1.18. The molecule has 6 amide bonds. The summed E-state index contributed by atoms with van der Waals surface area (Å²) in [7, 11) is 0. The van der Waals surface area contributed by atoms with E-state index in [1.54, 1.807) is 24.3 Å². The molecule has 2 aromatic rings. The molecular weight excluding hydrogens is 504 g/mol. The van der Waals surface area contributed by atoms with Crippen molar-refractivity contribution >= 4 is 35.4 Å². The number of imide groups is 2. The zero-order chi connectivity index (χ0) is 27.5. The molecule has 1 saturated heterocycles. The van der Waals surface area contributed by atoms with Crippen molar-refractivity contribution in [2.45, 2.75) is 56.7 Å². The molecule has 3 atom stereocenters. The van der Waals surface area contributed by atoms with Crippen LogP contribution >= 0.6 is 0 Å². The van der Waals surface area contributed by atoms with E-state index in [0.29, 0.717) is 5.56 Å². The maximum atomic E-state index is 13.0. The van der Waals surface area contributed by atoms with Crippen molar-refractivity contribution in [2.24, 2.45) is 0 Å². The van der Waals surface area contributed by atoms with E-state index in [4.69, 9.17) is 4.74 Å². The van der Waals surface area contributed by atoms with Crippen molar-refractivity contribution in [3.05, 3.63) is 65.2 Å². The fourth-order valence-corrected chi connectivity index (χ4v) is 5.25. The smallest absolute Gasteiger partial charge is 0.262 e. The van der Waals surface area contributed by atoms with Crippen molar-refractivity contribution in [2.75, 3.05) is 6.61 Å². The third-order valence-electron chi connectivity index (χ3n) is 7.25. The molecule has 0 bridgehead atoms. The van der Waals surface area contributed by atoms with Crippen LogP contribution in [0.5, 0.6) is 5.75 Å². The predicted molar refractivity (Wildman–Crippen MR) is 137 cm³/mol. The summed E-state index contributed by atoms with van der Waals surface area (Å²) in [6, 6.07) is 11.7. The first-order chi connectivity index (χ1) is 18.8. The molecule has 1 saturated carbocycles.